The molecule has 0 fully saturated rings. The second-order valence-corrected chi connectivity index (χ2v) is 7.32. The van der Waals surface area contributed by atoms with E-state index in [9.17, 15) is 19.7 Å². The zero-order valence-corrected chi connectivity index (χ0v) is 16.4. The van der Waals surface area contributed by atoms with E-state index in [4.69, 9.17) is 16.7 Å². The number of halogens is 1. The van der Waals surface area contributed by atoms with Crippen LogP contribution >= 0.6 is 23.4 Å². The van der Waals surface area contributed by atoms with Gasteiger partial charge < -0.3 is 10.0 Å². The third kappa shape index (κ3) is 5.01. The van der Waals surface area contributed by atoms with E-state index in [1.807, 2.05) is 6.07 Å². The summed E-state index contributed by atoms with van der Waals surface area (Å²) in [5, 5.41) is 20.6. The number of aliphatic imine (C=N–C) groups is 1. The number of hydrogen-bond acceptors (Lipinski definition) is 6. The molecular weight excluding hydrogens is 418 g/mol. The summed E-state index contributed by atoms with van der Waals surface area (Å²) in [6.07, 6.45) is 1.30. The number of carbonyl (C=O) groups excluding carboxylic acids is 1. The fraction of sp³-hybridized carbons (Fsp3) is 0.105. The van der Waals surface area contributed by atoms with Crippen molar-refractivity contribution in [3.8, 4) is 0 Å². The number of carboxylic acid groups (broad SMARTS) is 1. The molecule has 0 aliphatic carbocycles. The van der Waals surface area contributed by atoms with E-state index in [1.54, 1.807) is 29.2 Å². The number of aliphatic carboxylic acids is 1. The first-order valence-corrected chi connectivity index (χ1v) is 9.55. The van der Waals surface area contributed by atoms with Crippen LogP contribution in [0.25, 0.3) is 6.08 Å². The van der Waals surface area contributed by atoms with Gasteiger partial charge in [-0.05, 0) is 36.0 Å². The van der Waals surface area contributed by atoms with Crippen LogP contribution < -0.4 is 4.90 Å². The highest BCUT2D eigenvalue weighted by Crippen LogP contribution is 2.34. The Labute approximate surface area is 174 Å². The molecule has 2 aromatic rings. The molecule has 10 heteroatoms. The molecule has 1 heterocycles. The van der Waals surface area contributed by atoms with Crippen LogP contribution in [0.3, 0.4) is 0 Å². The number of carboxylic acids is 1. The van der Waals surface area contributed by atoms with Gasteiger partial charge in [0.25, 0.3) is 11.6 Å². The number of non-ortho nitro benzene ring substituents is 1. The minimum absolute atomic E-state index is 0.128. The van der Waals surface area contributed by atoms with Crippen molar-refractivity contribution in [3.05, 3.63) is 74.1 Å². The van der Waals surface area contributed by atoms with Crippen molar-refractivity contribution in [1.82, 2.24) is 0 Å². The quantitative estimate of drug-likeness (QED) is 0.414. The fourth-order valence-corrected chi connectivity index (χ4v) is 3.68. The van der Waals surface area contributed by atoms with Crippen LogP contribution in [0, 0.1) is 10.1 Å². The smallest absolute Gasteiger partial charge is 0.305 e. The molecule has 1 amide bonds. The maximum Gasteiger partial charge on any atom is 0.305 e. The lowest BCUT2D eigenvalue weighted by Gasteiger charge is -2.22. The number of benzene rings is 2. The van der Waals surface area contributed by atoms with Crippen molar-refractivity contribution in [2.45, 2.75) is 6.42 Å². The van der Waals surface area contributed by atoms with E-state index in [0.29, 0.717) is 16.4 Å². The molecule has 2 aromatic carbocycles. The summed E-state index contributed by atoms with van der Waals surface area (Å²) in [7, 11) is 0. The average molecular weight is 432 g/mol. The first-order valence-electron chi connectivity index (χ1n) is 8.36. The maximum absolute atomic E-state index is 12.4. The number of hydrogen-bond donors (Lipinski definition) is 1. The molecule has 0 aromatic heterocycles. The Morgan fingerprint density at radius 1 is 1.28 bits per heavy atom. The van der Waals surface area contributed by atoms with Crippen LogP contribution in [0.15, 0.2) is 58.4 Å². The summed E-state index contributed by atoms with van der Waals surface area (Å²) >= 11 is 7.16. The largest absolute Gasteiger partial charge is 0.481 e. The molecule has 1 aliphatic rings. The van der Waals surface area contributed by atoms with Gasteiger partial charge in [0.1, 0.15) is 0 Å². The lowest BCUT2D eigenvalue weighted by atomic mass is 10.2. The van der Waals surface area contributed by atoms with Crippen molar-refractivity contribution in [3.63, 3.8) is 0 Å². The van der Waals surface area contributed by atoms with E-state index < -0.39 is 16.8 Å². The van der Waals surface area contributed by atoms with Gasteiger partial charge in [-0.3, -0.25) is 19.7 Å². The maximum atomic E-state index is 12.4. The molecular formula is C19H14ClN3O5S. The Balaban J connectivity index is 1.90. The summed E-state index contributed by atoms with van der Waals surface area (Å²) < 4.78 is 0. The fourth-order valence-electron chi connectivity index (χ4n) is 2.56. The summed E-state index contributed by atoms with van der Waals surface area (Å²) in [6.45, 7) is 0.128. The number of thioether (sulfide) groups is 1. The monoisotopic (exact) mass is 431 g/mol. The van der Waals surface area contributed by atoms with Gasteiger partial charge in [-0.25, -0.2) is 0 Å². The topological polar surface area (TPSA) is 113 Å². The zero-order valence-electron chi connectivity index (χ0n) is 14.8. The Morgan fingerprint density at radius 3 is 2.66 bits per heavy atom. The van der Waals surface area contributed by atoms with E-state index in [1.165, 1.54) is 24.3 Å². The molecule has 8 nitrogen and oxygen atoms in total. The van der Waals surface area contributed by atoms with Crippen LogP contribution in [-0.4, -0.2) is 33.6 Å². The number of anilines is 1. The van der Waals surface area contributed by atoms with Crippen molar-refractivity contribution in [2.75, 3.05) is 11.4 Å². The SMILES string of the molecule is O=C(O)CCN(C1=NC(=O)/C(=C/c2cc([N+](=O)[O-])ccc2Cl)S1)c1ccccc1. The first kappa shape index (κ1) is 20.6. The van der Waals surface area contributed by atoms with Crippen LogP contribution in [0.5, 0.6) is 0 Å². The molecule has 0 saturated carbocycles. The first-order chi connectivity index (χ1) is 13.8. The van der Waals surface area contributed by atoms with Gasteiger partial charge in [0.05, 0.1) is 16.2 Å². The number of nitro benzene ring substituents is 1. The second kappa shape index (κ2) is 8.89. The Morgan fingerprint density at radius 2 is 2.00 bits per heavy atom. The van der Waals surface area contributed by atoms with Gasteiger partial charge in [-0.1, -0.05) is 29.8 Å². The van der Waals surface area contributed by atoms with Gasteiger partial charge in [-0.2, -0.15) is 4.99 Å². The minimum Gasteiger partial charge on any atom is -0.481 e. The standard InChI is InChI=1S/C19H14ClN3O5S/c20-15-7-6-14(23(27)28)10-12(15)11-16-18(26)21-19(29-16)22(9-8-17(24)25)13-4-2-1-3-5-13/h1-7,10-11H,8-9H2,(H,24,25)/b16-11-. The summed E-state index contributed by atoms with van der Waals surface area (Å²) in [5.74, 6) is -1.50. The van der Waals surface area contributed by atoms with E-state index in [-0.39, 0.29) is 28.6 Å². The number of rotatable bonds is 6. The molecule has 0 radical (unpaired) electrons. The van der Waals surface area contributed by atoms with Gasteiger partial charge in [0.15, 0.2) is 5.17 Å². The second-order valence-electron chi connectivity index (χ2n) is 5.90. The Kier molecular flexibility index (Phi) is 6.30. The number of nitrogens with zero attached hydrogens (tertiary/aromatic N) is 3. The predicted octanol–water partition coefficient (Wildman–Crippen LogP) is 4.20. The van der Waals surface area contributed by atoms with Gasteiger partial charge >= 0.3 is 5.97 Å². The van der Waals surface area contributed by atoms with Gasteiger partial charge in [-0.15, -0.1) is 0 Å². The normalized spacial score (nSPS) is 14.7. The number of amidine groups is 1. The lowest BCUT2D eigenvalue weighted by Crippen LogP contribution is -2.30. The molecule has 0 spiro atoms. The number of para-hydroxylation sites is 1. The molecule has 0 unspecified atom stereocenters. The molecule has 29 heavy (non-hydrogen) atoms. The number of carbonyl (C=O) groups is 2. The van der Waals surface area contributed by atoms with Crippen molar-refractivity contribution >= 4 is 57.9 Å². The van der Waals surface area contributed by atoms with Crippen molar-refractivity contribution in [2.24, 2.45) is 4.99 Å². The van der Waals surface area contributed by atoms with Crippen LogP contribution in [0.4, 0.5) is 11.4 Å². The van der Waals surface area contributed by atoms with Crippen LogP contribution in [0.1, 0.15) is 12.0 Å². The van der Waals surface area contributed by atoms with Crippen LogP contribution in [0.2, 0.25) is 5.02 Å². The average Bonchev–Trinajstić information content (AvgIpc) is 3.04. The molecule has 1 aliphatic heterocycles. The van der Waals surface area contributed by atoms with Crippen LogP contribution in [-0.2, 0) is 9.59 Å². The lowest BCUT2D eigenvalue weighted by molar-refractivity contribution is -0.384. The van der Waals surface area contributed by atoms with Crippen molar-refractivity contribution < 1.29 is 19.6 Å². The zero-order chi connectivity index (χ0) is 21.0. The highest BCUT2D eigenvalue weighted by Gasteiger charge is 2.27. The molecule has 148 valence electrons. The van der Waals surface area contributed by atoms with Crippen molar-refractivity contribution in [1.29, 1.82) is 0 Å². The van der Waals surface area contributed by atoms with E-state index in [0.717, 1.165) is 11.8 Å². The number of amides is 1. The number of nitro groups is 1. The summed E-state index contributed by atoms with van der Waals surface area (Å²) in [5.41, 5.74) is 0.873. The summed E-state index contributed by atoms with van der Waals surface area (Å²) in [6, 6.07) is 12.9. The highest BCUT2D eigenvalue weighted by molar-refractivity contribution is 8.18. The molecule has 1 N–H and O–H groups in total. The summed E-state index contributed by atoms with van der Waals surface area (Å²) in [4.78, 5) is 39.8. The molecule has 0 bridgehead atoms. The van der Waals surface area contributed by atoms with E-state index in [2.05, 4.69) is 4.99 Å². The Hall–Kier alpha value is -3.17. The van der Waals surface area contributed by atoms with E-state index >= 15 is 0 Å². The van der Waals surface area contributed by atoms with Gasteiger partial charge in [0, 0.05) is 35.0 Å². The Bertz CT molecular complexity index is 1040. The van der Waals surface area contributed by atoms with Gasteiger partial charge in [0.2, 0.25) is 0 Å². The highest BCUT2D eigenvalue weighted by atomic mass is 35.5. The third-order valence-electron chi connectivity index (χ3n) is 3.93. The molecule has 0 saturated heterocycles. The molecule has 3 rings (SSSR count). The predicted molar refractivity (Wildman–Crippen MR) is 112 cm³/mol. The minimum atomic E-state index is -0.972. The molecule has 0 atom stereocenters. The third-order valence-corrected chi connectivity index (χ3v) is 5.29.